The lowest BCUT2D eigenvalue weighted by molar-refractivity contribution is 0.632. The predicted octanol–water partition coefficient (Wildman–Crippen LogP) is 4.26. The van der Waals surface area contributed by atoms with Crippen molar-refractivity contribution in [1.29, 1.82) is 0 Å². The first-order valence-electron chi connectivity index (χ1n) is 6.32. The van der Waals surface area contributed by atoms with Gasteiger partial charge in [0, 0.05) is 11.9 Å². The molecule has 0 unspecified atom stereocenters. The van der Waals surface area contributed by atoms with Crippen LogP contribution in [0.15, 0.2) is 16.5 Å². The second-order valence-electron chi connectivity index (χ2n) is 4.55. The molecule has 98 valence electrons. The van der Waals surface area contributed by atoms with Gasteiger partial charge in [0.2, 0.25) is 5.95 Å². The van der Waals surface area contributed by atoms with Crippen LogP contribution >= 0.6 is 23.1 Å². The monoisotopic (exact) mass is 281 g/mol. The van der Waals surface area contributed by atoms with Crippen molar-refractivity contribution in [1.82, 2.24) is 9.97 Å². The van der Waals surface area contributed by atoms with Crippen LogP contribution in [0, 0.1) is 5.92 Å². The van der Waals surface area contributed by atoms with Crippen molar-refractivity contribution in [2.45, 2.75) is 32.2 Å². The molecule has 0 radical (unpaired) electrons. The van der Waals surface area contributed by atoms with E-state index in [1.54, 1.807) is 11.3 Å². The SMILES string of the molecule is CCNc1nc(SCCC(C)C)c2ccsc2n1. The normalized spacial score (nSPS) is 11.3. The lowest BCUT2D eigenvalue weighted by Crippen LogP contribution is -2.02. The third kappa shape index (κ3) is 3.36. The molecule has 0 fully saturated rings. The number of nitrogens with one attached hydrogen (secondary N) is 1. The summed E-state index contributed by atoms with van der Waals surface area (Å²) >= 11 is 3.52. The Morgan fingerprint density at radius 3 is 2.94 bits per heavy atom. The Balaban J connectivity index is 2.20. The Morgan fingerprint density at radius 1 is 1.39 bits per heavy atom. The van der Waals surface area contributed by atoms with Crippen LogP contribution in [0.1, 0.15) is 27.2 Å². The van der Waals surface area contributed by atoms with E-state index in [0.717, 1.165) is 34.0 Å². The molecule has 0 aliphatic heterocycles. The second-order valence-corrected chi connectivity index (χ2v) is 6.53. The zero-order chi connectivity index (χ0) is 13.0. The number of aromatic nitrogens is 2. The highest BCUT2D eigenvalue weighted by Crippen LogP contribution is 2.30. The Labute approximate surface area is 116 Å². The van der Waals surface area contributed by atoms with Crippen LogP contribution in [0.2, 0.25) is 0 Å². The minimum absolute atomic E-state index is 0.741. The van der Waals surface area contributed by atoms with Crippen molar-refractivity contribution in [2.75, 3.05) is 17.6 Å². The van der Waals surface area contributed by atoms with Crippen molar-refractivity contribution >= 4 is 39.3 Å². The third-order valence-electron chi connectivity index (χ3n) is 2.56. The number of hydrogen-bond donors (Lipinski definition) is 1. The van der Waals surface area contributed by atoms with Crippen molar-refractivity contribution in [2.24, 2.45) is 5.92 Å². The molecule has 0 bridgehead atoms. The van der Waals surface area contributed by atoms with E-state index in [-0.39, 0.29) is 0 Å². The van der Waals surface area contributed by atoms with Crippen LogP contribution in [0.4, 0.5) is 5.95 Å². The van der Waals surface area contributed by atoms with E-state index in [1.165, 1.54) is 11.8 Å². The van der Waals surface area contributed by atoms with E-state index in [1.807, 2.05) is 11.8 Å². The number of anilines is 1. The summed E-state index contributed by atoms with van der Waals surface area (Å²) in [6, 6.07) is 2.12. The second kappa shape index (κ2) is 6.38. The van der Waals surface area contributed by atoms with Crippen molar-refractivity contribution in [3.63, 3.8) is 0 Å². The summed E-state index contributed by atoms with van der Waals surface area (Å²) in [5.74, 6) is 2.61. The molecule has 0 aliphatic rings. The molecule has 2 heterocycles. The topological polar surface area (TPSA) is 37.8 Å². The van der Waals surface area contributed by atoms with E-state index in [9.17, 15) is 0 Å². The molecule has 0 saturated heterocycles. The van der Waals surface area contributed by atoms with Gasteiger partial charge < -0.3 is 5.32 Å². The van der Waals surface area contributed by atoms with Crippen LogP contribution in [-0.4, -0.2) is 22.3 Å². The highest BCUT2D eigenvalue weighted by molar-refractivity contribution is 7.99. The molecule has 0 amide bonds. The van der Waals surface area contributed by atoms with E-state index in [0.29, 0.717) is 0 Å². The van der Waals surface area contributed by atoms with Crippen LogP contribution in [0.25, 0.3) is 10.2 Å². The minimum Gasteiger partial charge on any atom is -0.354 e. The number of fused-ring (bicyclic) bond motifs is 1. The van der Waals surface area contributed by atoms with Gasteiger partial charge in [-0.15, -0.1) is 23.1 Å². The lowest BCUT2D eigenvalue weighted by Gasteiger charge is -2.07. The molecule has 0 spiro atoms. The zero-order valence-electron chi connectivity index (χ0n) is 11.1. The fraction of sp³-hybridized carbons (Fsp3) is 0.538. The van der Waals surface area contributed by atoms with Gasteiger partial charge in [-0.05, 0) is 36.5 Å². The molecule has 2 aromatic rings. The average molecular weight is 281 g/mol. The largest absolute Gasteiger partial charge is 0.354 e. The zero-order valence-corrected chi connectivity index (χ0v) is 12.7. The summed E-state index contributed by atoms with van der Waals surface area (Å²) in [5.41, 5.74) is 0. The van der Waals surface area contributed by atoms with Gasteiger partial charge in [-0.3, -0.25) is 0 Å². The lowest BCUT2D eigenvalue weighted by atomic mass is 10.2. The number of rotatable bonds is 6. The highest BCUT2D eigenvalue weighted by Gasteiger charge is 2.09. The number of thioether (sulfide) groups is 1. The van der Waals surface area contributed by atoms with Gasteiger partial charge >= 0.3 is 0 Å². The summed E-state index contributed by atoms with van der Waals surface area (Å²) in [6.45, 7) is 7.43. The molecule has 0 saturated carbocycles. The molecular formula is C13H19N3S2. The maximum absolute atomic E-state index is 4.61. The summed E-state index contributed by atoms with van der Waals surface area (Å²) in [6.07, 6.45) is 1.22. The Bertz CT molecular complexity index is 508. The first kappa shape index (κ1) is 13.6. The van der Waals surface area contributed by atoms with Gasteiger partial charge in [0.1, 0.15) is 9.86 Å². The van der Waals surface area contributed by atoms with Gasteiger partial charge in [0.15, 0.2) is 0 Å². The molecule has 3 nitrogen and oxygen atoms in total. The number of nitrogens with zero attached hydrogens (tertiary/aromatic N) is 2. The first-order valence-corrected chi connectivity index (χ1v) is 8.19. The first-order chi connectivity index (χ1) is 8.70. The predicted molar refractivity (Wildman–Crippen MR) is 81.8 cm³/mol. The van der Waals surface area contributed by atoms with Gasteiger partial charge in [-0.2, -0.15) is 0 Å². The molecule has 5 heteroatoms. The van der Waals surface area contributed by atoms with Crippen LogP contribution < -0.4 is 5.32 Å². The van der Waals surface area contributed by atoms with E-state index < -0.39 is 0 Å². The van der Waals surface area contributed by atoms with Crippen molar-refractivity contribution < 1.29 is 0 Å². The smallest absolute Gasteiger partial charge is 0.225 e. The van der Waals surface area contributed by atoms with Crippen molar-refractivity contribution in [3.05, 3.63) is 11.4 Å². The molecule has 1 N–H and O–H groups in total. The molecule has 0 atom stereocenters. The van der Waals surface area contributed by atoms with Gasteiger partial charge in [-0.25, -0.2) is 9.97 Å². The summed E-state index contributed by atoms with van der Waals surface area (Å²) in [7, 11) is 0. The van der Waals surface area contributed by atoms with Gasteiger partial charge in [0.25, 0.3) is 0 Å². The molecule has 0 aromatic carbocycles. The molecule has 2 aromatic heterocycles. The molecule has 0 aliphatic carbocycles. The Kier molecular flexibility index (Phi) is 4.83. The third-order valence-corrected chi connectivity index (χ3v) is 4.39. The summed E-state index contributed by atoms with van der Waals surface area (Å²) in [4.78, 5) is 10.2. The summed E-state index contributed by atoms with van der Waals surface area (Å²) in [5, 5.41) is 7.58. The quantitative estimate of drug-likeness (QED) is 0.634. The van der Waals surface area contributed by atoms with Gasteiger partial charge in [-0.1, -0.05) is 13.8 Å². The number of thiophene rings is 1. The maximum Gasteiger partial charge on any atom is 0.225 e. The minimum atomic E-state index is 0.741. The van der Waals surface area contributed by atoms with E-state index in [2.05, 4.69) is 47.5 Å². The van der Waals surface area contributed by atoms with Crippen LogP contribution in [0.5, 0.6) is 0 Å². The maximum atomic E-state index is 4.61. The Morgan fingerprint density at radius 2 is 2.22 bits per heavy atom. The number of hydrogen-bond acceptors (Lipinski definition) is 5. The Hall–Kier alpha value is -0.810. The van der Waals surface area contributed by atoms with E-state index in [4.69, 9.17) is 0 Å². The molecule has 18 heavy (non-hydrogen) atoms. The average Bonchev–Trinajstić information content (AvgIpc) is 2.77. The molecular weight excluding hydrogens is 262 g/mol. The van der Waals surface area contributed by atoms with Crippen molar-refractivity contribution in [3.8, 4) is 0 Å². The van der Waals surface area contributed by atoms with Crippen LogP contribution in [0.3, 0.4) is 0 Å². The van der Waals surface area contributed by atoms with E-state index >= 15 is 0 Å². The van der Waals surface area contributed by atoms with Crippen LogP contribution in [-0.2, 0) is 0 Å². The standard InChI is InChI=1S/C13H19N3S2/c1-4-14-13-15-11(17-7-5-9(2)3)10-6-8-18-12(10)16-13/h6,8-9H,4-5,7H2,1-3H3,(H,14,15,16). The fourth-order valence-electron chi connectivity index (χ4n) is 1.57. The van der Waals surface area contributed by atoms with Gasteiger partial charge in [0.05, 0.1) is 0 Å². The fourth-order valence-corrected chi connectivity index (χ4v) is 3.65. The summed E-state index contributed by atoms with van der Waals surface area (Å²) < 4.78 is 0. The molecule has 2 rings (SSSR count). The highest BCUT2D eigenvalue weighted by atomic mass is 32.2.